The van der Waals surface area contributed by atoms with Crippen LogP contribution in [-0.4, -0.2) is 3.21 Å². The number of hydrogen-bond acceptors (Lipinski definition) is 0. The molecule has 234 valence electrons. The topological polar surface area (TPSA) is 0 Å². The van der Waals surface area contributed by atoms with Crippen LogP contribution in [-0.2, 0) is 41.5 Å². The molecule has 3 heteroatoms. The van der Waals surface area contributed by atoms with Crippen LogP contribution in [0.4, 0.5) is 0 Å². The zero-order valence-corrected chi connectivity index (χ0v) is 32.2. The molecule has 1 unspecified atom stereocenters. The predicted octanol–water partition coefficient (Wildman–Crippen LogP) is 4.90. The molecule has 0 aromatic heterocycles. The van der Waals surface area contributed by atoms with Crippen molar-refractivity contribution < 1.29 is 49.0 Å². The second-order valence-corrected chi connectivity index (χ2v) is 15.7. The van der Waals surface area contributed by atoms with Gasteiger partial charge in [0.15, 0.2) is 0 Å². The molecule has 0 saturated carbocycles. The van der Waals surface area contributed by atoms with Crippen LogP contribution in [0.3, 0.4) is 0 Å². The normalized spacial score (nSPS) is 14.5. The maximum absolute atomic E-state index is 3.53. The van der Waals surface area contributed by atoms with E-state index in [0.717, 1.165) is 6.42 Å². The van der Waals surface area contributed by atoms with E-state index in [-0.39, 0.29) is 35.6 Å². The van der Waals surface area contributed by atoms with Crippen molar-refractivity contribution in [3.63, 3.8) is 0 Å². The standard InChI is InChI=1S/C21H25.C13H13.C8H8.2ClH.Zr/c1-20(2,3)16-9-7-14-11-15-8-10-17(21(4,5)6)13-19(15)18(14)12-16;1-10-8-11(2)13(9-10)12-6-4-3-5-7-12;1-2-8-6-4-3-5-7-8;;;/h7,9-10,12-13H,11H2,1-6H3;3-7,9-10H,1-2H3;3-7H,1H3;2*1H;/q2*-1;;;;+2/p-2. The van der Waals surface area contributed by atoms with Crippen molar-refractivity contribution in [2.45, 2.75) is 79.6 Å². The van der Waals surface area contributed by atoms with Crippen molar-refractivity contribution in [1.29, 1.82) is 0 Å². The van der Waals surface area contributed by atoms with E-state index in [9.17, 15) is 0 Å². The summed E-state index contributed by atoms with van der Waals surface area (Å²) in [5.41, 5.74) is 14.1. The molecule has 4 aromatic rings. The van der Waals surface area contributed by atoms with Gasteiger partial charge >= 0.3 is 70.3 Å². The molecule has 0 bridgehead atoms. The molecular formula is C42H46Cl2Zr-2. The van der Waals surface area contributed by atoms with E-state index >= 15 is 0 Å². The molecule has 1 atom stereocenters. The van der Waals surface area contributed by atoms with Crippen molar-refractivity contribution in [2.24, 2.45) is 5.92 Å². The fourth-order valence-electron chi connectivity index (χ4n) is 5.44. The Kier molecular flexibility index (Phi) is 14.3. The van der Waals surface area contributed by atoms with Crippen LogP contribution < -0.4 is 24.8 Å². The van der Waals surface area contributed by atoms with Gasteiger partial charge in [0.1, 0.15) is 0 Å². The minimum atomic E-state index is 0. The fraction of sp³-hybridized carbons (Fsp3) is 0.310. The van der Waals surface area contributed by atoms with Gasteiger partial charge in [0.2, 0.25) is 0 Å². The Balaban J connectivity index is 0.000000252. The first-order chi connectivity index (χ1) is 20.2. The Labute approximate surface area is 300 Å². The average molecular weight is 713 g/mol. The summed E-state index contributed by atoms with van der Waals surface area (Å²) in [6, 6.07) is 36.0. The Morgan fingerprint density at radius 3 is 1.80 bits per heavy atom. The number of fused-ring (bicyclic) bond motifs is 3. The molecule has 0 aliphatic heterocycles. The smallest absolute Gasteiger partial charge is 1.00 e. The molecule has 6 rings (SSSR count). The van der Waals surface area contributed by atoms with Crippen LogP contribution in [0.1, 0.15) is 95.7 Å². The third-order valence-electron chi connectivity index (χ3n) is 8.08. The second kappa shape index (κ2) is 16.5. The largest absolute Gasteiger partial charge is 1.00 e. The van der Waals surface area contributed by atoms with Crippen LogP contribution in [0, 0.1) is 18.1 Å². The zero-order chi connectivity index (χ0) is 31.4. The van der Waals surface area contributed by atoms with E-state index < -0.39 is 0 Å². The molecule has 45 heavy (non-hydrogen) atoms. The number of hydrogen-bond donors (Lipinski definition) is 0. The summed E-state index contributed by atoms with van der Waals surface area (Å²) in [7, 11) is 0. The molecule has 2 aliphatic carbocycles. The van der Waals surface area contributed by atoms with E-state index in [4.69, 9.17) is 0 Å². The number of halogens is 2. The summed E-state index contributed by atoms with van der Waals surface area (Å²) in [5, 5.41) is 0. The van der Waals surface area contributed by atoms with Gasteiger partial charge < -0.3 is 24.8 Å². The minimum Gasteiger partial charge on any atom is -1.00 e. The van der Waals surface area contributed by atoms with Gasteiger partial charge in [0, 0.05) is 0 Å². The van der Waals surface area contributed by atoms with Crippen molar-refractivity contribution >= 4 is 8.78 Å². The first-order valence-corrected chi connectivity index (χ1v) is 16.6. The Bertz CT molecular complexity index is 1570. The van der Waals surface area contributed by atoms with E-state index in [0.29, 0.717) is 5.92 Å². The van der Waals surface area contributed by atoms with Gasteiger partial charge in [-0.15, -0.1) is 11.1 Å². The van der Waals surface area contributed by atoms with Gasteiger partial charge in [0.05, 0.1) is 0 Å². The van der Waals surface area contributed by atoms with Crippen LogP contribution in [0.5, 0.6) is 0 Å². The monoisotopic (exact) mass is 710 g/mol. The van der Waals surface area contributed by atoms with Crippen LogP contribution >= 0.6 is 0 Å². The molecule has 0 radical (unpaired) electrons. The minimum absolute atomic E-state index is 0. The SMILES string of the molecule is CC(C)(C)c1c[c-]c2c(c1)-c1cc(C(C)(C)C)ccc1C2.CC1=[C-]C(C)C=C1c1ccccc1.C[C](=[Zr+2])c1ccccc1.[Cl-].[Cl-]. The Morgan fingerprint density at radius 2 is 1.31 bits per heavy atom. The van der Waals surface area contributed by atoms with Crippen molar-refractivity contribution in [2.75, 3.05) is 0 Å². The van der Waals surface area contributed by atoms with Crippen LogP contribution in [0.2, 0.25) is 0 Å². The van der Waals surface area contributed by atoms with Gasteiger partial charge in [-0.25, -0.2) is 5.57 Å². The van der Waals surface area contributed by atoms with Gasteiger partial charge in [0.25, 0.3) is 0 Å². The molecule has 0 nitrogen and oxygen atoms in total. The van der Waals surface area contributed by atoms with Crippen LogP contribution in [0.15, 0.2) is 103 Å². The molecule has 0 amide bonds. The first-order valence-electron chi connectivity index (χ1n) is 15.4. The van der Waals surface area contributed by atoms with Crippen molar-refractivity contribution in [1.82, 2.24) is 0 Å². The third kappa shape index (κ3) is 10.3. The molecule has 0 fully saturated rings. The number of benzene rings is 4. The van der Waals surface area contributed by atoms with Crippen molar-refractivity contribution in [3.05, 3.63) is 148 Å². The summed E-state index contributed by atoms with van der Waals surface area (Å²) in [6.45, 7) is 20.1. The fourth-order valence-corrected chi connectivity index (χ4v) is 5.85. The van der Waals surface area contributed by atoms with E-state index in [1.165, 1.54) is 83.1 Å². The Hall–Kier alpha value is -2.31. The zero-order valence-electron chi connectivity index (χ0n) is 28.3. The second-order valence-electron chi connectivity index (χ2n) is 13.8. The third-order valence-corrected chi connectivity index (χ3v) is 8.79. The molecule has 4 aromatic carbocycles. The number of allylic oxidation sites excluding steroid dienone is 4. The van der Waals surface area contributed by atoms with Gasteiger partial charge in [-0.2, -0.15) is 41.0 Å². The average Bonchev–Trinajstić information content (AvgIpc) is 3.51. The molecule has 0 heterocycles. The first kappa shape index (κ1) is 38.9. The van der Waals surface area contributed by atoms with E-state index in [1.807, 2.05) is 12.1 Å². The van der Waals surface area contributed by atoms with E-state index in [1.54, 1.807) is 0 Å². The summed E-state index contributed by atoms with van der Waals surface area (Å²) >= 11 is 1.51. The van der Waals surface area contributed by atoms with E-state index in [2.05, 4.69) is 159 Å². The van der Waals surface area contributed by atoms with Crippen LogP contribution in [0.25, 0.3) is 16.7 Å². The summed E-state index contributed by atoms with van der Waals surface area (Å²) in [6.07, 6.45) is 6.69. The summed E-state index contributed by atoms with van der Waals surface area (Å²) in [4.78, 5) is 0. The summed E-state index contributed by atoms with van der Waals surface area (Å²) in [5.74, 6) is 0.468. The Morgan fingerprint density at radius 1 is 0.756 bits per heavy atom. The molecule has 0 saturated heterocycles. The van der Waals surface area contributed by atoms with Crippen molar-refractivity contribution in [3.8, 4) is 11.1 Å². The number of rotatable bonds is 2. The van der Waals surface area contributed by atoms with Gasteiger partial charge in [-0.05, 0) is 17.4 Å². The maximum atomic E-state index is 3.53. The molecule has 0 spiro atoms. The summed E-state index contributed by atoms with van der Waals surface area (Å²) < 4.78 is 1.46. The quantitative estimate of drug-likeness (QED) is 0.229. The molecular weight excluding hydrogens is 667 g/mol. The van der Waals surface area contributed by atoms with Gasteiger partial charge in [-0.1, -0.05) is 126 Å². The molecule has 2 aliphatic rings. The maximum Gasteiger partial charge on any atom is -1.00 e. The molecule has 0 N–H and O–H groups in total. The van der Waals surface area contributed by atoms with Gasteiger partial charge in [-0.3, -0.25) is 6.08 Å². The predicted molar refractivity (Wildman–Crippen MR) is 183 cm³/mol.